The third-order valence-electron chi connectivity index (χ3n) is 7.78. The molecule has 0 saturated heterocycles. The van der Waals surface area contributed by atoms with Gasteiger partial charge in [0.15, 0.2) is 0 Å². The van der Waals surface area contributed by atoms with Gasteiger partial charge in [-0.3, -0.25) is 0 Å². The van der Waals surface area contributed by atoms with Crippen LogP contribution in [0, 0.1) is 17.8 Å². The monoisotopic (exact) mass is 586 g/mol. The van der Waals surface area contributed by atoms with Crippen molar-refractivity contribution in [2.45, 2.75) is 145 Å². The van der Waals surface area contributed by atoms with Crippen molar-refractivity contribution in [1.82, 2.24) is 0 Å². The molecule has 0 bridgehead atoms. The van der Waals surface area contributed by atoms with E-state index in [1.807, 2.05) is 0 Å². The third-order valence-corrected chi connectivity index (χ3v) is 7.78. The van der Waals surface area contributed by atoms with Gasteiger partial charge >= 0.3 is 0 Å². The molecule has 1 aliphatic rings. The normalized spacial score (nSPS) is 13.9. The minimum absolute atomic E-state index is 0.631. The third kappa shape index (κ3) is 15.5. The first-order valence-electron chi connectivity index (χ1n) is 17.5. The van der Waals surface area contributed by atoms with E-state index in [2.05, 4.69) is 135 Å². The SMILES string of the molecule is C=C.CC/C=C\C(=C/CCC)C(/C=C(\C#CCCC)c1ccc(C(CCC)CCC2CCC2)c(NC)c1)=C(C)C.CCC. The summed E-state index contributed by atoms with van der Waals surface area (Å²) in [7, 11) is 2.08. The van der Waals surface area contributed by atoms with Crippen molar-refractivity contribution in [2.24, 2.45) is 5.92 Å². The van der Waals surface area contributed by atoms with E-state index in [1.54, 1.807) is 0 Å². The van der Waals surface area contributed by atoms with Crippen molar-refractivity contribution < 1.29 is 0 Å². The number of hydrogen-bond acceptors (Lipinski definition) is 1. The van der Waals surface area contributed by atoms with Gasteiger partial charge in [0.25, 0.3) is 0 Å². The Balaban J connectivity index is 0.00000331. The molecular formula is C42H67N. The molecule has 1 aromatic rings. The summed E-state index contributed by atoms with van der Waals surface area (Å²) in [6.45, 7) is 23.7. The summed E-state index contributed by atoms with van der Waals surface area (Å²) in [5.41, 5.74) is 9.01. The summed E-state index contributed by atoms with van der Waals surface area (Å²) in [5.74, 6) is 8.61. The molecule has 0 heterocycles. The Bertz CT molecular complexity index is 1060. The first kappa shape index (κ1) is 40.3. The Kier molecular flexibility index (Phi) is 24.1. The summed E-state index contributed by atoms with van der Waals surface area (Å²) in [5, 5.41) is 3.56. The fraction of sp³-hybridized carbons (Fsp3) is 0.571. The molecule has 0 spiro atoms. The van der Waals surface area contributed by atoms with Gasteiger partial charge in [-0.2, -0.15) is 0 Å². The van der Waals surface area contributed by atoms with Gasteiger partial charge in [0.2, 0.25) is 0 Å². The van der Waals surface area contributed by atoms with Crippen LogP contribution in [-0.4, -0.2) is 7.05 Å². The van der Waals surface area contributed by atoms with Crippen LogP contribution >= 0.6 is 0 Å². The molecule has 1 saturated carbocycles. The summed E-state index contributed by atoms with van der Waals surface area (Å²) in [6, 6.07) is 7.08. The van der Waals surface area contributed by atoms with Crippen LogP contribution < -0.4 is 5.32 Å². The van der Waals surface area contributed by atoms with Gasteiger partial charge in [0, 0.05) is 24.7 Å². The van der Waals surface area contributed by atoms with Crippen molar-refractivity contribution in [2.75, 3.05) is 12.4 Å². The molecule has 1 N–H and O–H groups in total. The lowest BCUT2D eigenvalue weighted by Crippen LogP contribution is -2.13. The van der Waals surface area contributed by atoms with E-state index in [1.165, 1.54) is 84.9 Å². The second-order valence-corrected chi connectivity index (χ2v) is 11.9. The zero-order chi connectivity index (χ0) is 32.5. The Morgan fingerprint density at radius 2 is 1.70 bits per heavy atom. The number of anilines is 1. The van der Waals surface area contributed by atoms with Crippen LogP contribution in [0.15, 0.2) is 72.4 Å². The molecule has 1 fully saturated rings. The zero-order valence-corrected chi connectivity index (χ0v) is 29.8. The van der Waals surface area contributed by atoms with E-state index in [-0.39, 0.29) is 0 Å². The number of nitrogens with one attached hydrogen (secondary N) is 1. The Labute approximate surface area is 269 Å². The fourth-order valence-corrected chi connectivity index (χ4v) is 5.27. The van der Waals surface area contributed by atoms with E-state index in [4.69, 9.17) is 0 Å². The van der Waals surface area contributed by atoms with Crippen LogP contribution in [0.25, 0.3) is 5.57 Å². The van der Waals surface area contributed by atoms with Gasteiger partial charge in [-0.25, -0.2) is 0 Å². The number of allylic oxidation sites excluding steroid dienone is 8. The van der Waals surface area contributed by atoms with Gasteiger partial charge in [0.05, 0.1) is 0 Å². The van der Waals surface area contributed by atoms with Gasteiger partial charge in [0.1, 0.15) is 0 Å². The van der Waals surface area contributed by atoms with Crippen molar-refractivity contribution >= 4 is 11.3 Å². The molecule has 0 amide bonds. The molecule has 1 heteroatoms. The number of hydrogen-bond donors (Lipinski definition) is 1. The van der Waals surface area contributed by atoms with Crippen LogP contribution in [-0.2, 0) is 0 Å². The number of unbranched alkanes of at least 4 members (excludes halogenated alkanes) is 2. The molecule has 240 valence electrons. The Hall–Kier alpha value is -2.72. The van der Waals surface area contributed by atoms with Crippen LogP contribution in [0.5, 0.6) is 0 Å². The van der Waals surface area contributed by atoms with Crippen molar-refractivity contribution in [3.8, 4) is 11.8 Å². The minimum Gasteiger partial charge on any atom is -0.388 e. The van der Waals surface area contributed by atoms with Crippen LogP contribution in [0.4, 0.5) is 5.69 Å². The lowest BCUT2D eigenvalue weighted by atomic mass is 9.78. The highest BCUT2D eigenvalue weighted by atomic mass is 14.8. The summed E-state index contributed by atoms with van der Waals surface area (Å²) in [4.78, 5) is 0. The van der Waals surface area contributed by atoms with E-state index in [0.29, 0.717) is 5.92 Å². The van der Waals surface area contributed by atoms with Gasteiger partial charge < -0.3 is 5.32 Å². The van der Waals surface area contributed by atoms with Gasteiger partial charge in [-0.1, -0.05) is 128 Å². The topological polar surface area (TPSA) is 12.0 Å². The molecule has 1 aliphatic carbocycles. The van der Waals surface area contributed by atoms with Crippen molar-refractivity contribution in [3.63, 3.8) is 0 Å². The van der Waals surface area contributed by atoms with Gasteiger partial charge in [-0.15, -0.1) is 13.2 Å². The highest BCUT2D eigenvalue weighted by Crippen LogP contribution is 2.38. The second-order valence-electron chi connectivity index (χ2n) is 11.9. The molecule has 1 aromatic carbocycles. The second kappa shape index (κ2) is 25.7. The minimum atomic E-state index is 0.631. The van der Waals surface area contributed by atoms with Crippen LogP contribution in [0.1, 0.15) is 156 Å². The molecule has 1 atom stereocenters. The zero-order valence-electron chi connectivity index (χ0n) is 29.8. The number of benzene rings is 1. The molecule has 2 rings (SSSR count). The van der Waals surface area contributed by atoms with Crippen LogP contribution in [0.2, 0.25) is 0 Å². The van der Waals surface area contributed by atoms with Crippen LogP contribution in [0.3, 0.4) is 0 Å². The maximum atomic E-state index is 3.57. The molecule has 0 aromatic heterocycles. The molecule has 1 unspecified atom stereocenters. The summed E-state index contributed by atoms with van der Waals surface area (Å²) < 4.78 is 0. The summed E-state index contributed by atoms with van der Waals surface area (Å²) >= 11 is 0. The average molecular weight is 586 g/mol. The largest absolute Gasteiger partial charge is 0.388 e. The van der Waals surface area contributed by atoms with E-state index < -0.39 is 0 Å². The quantitative estimate of drug-likeness (QED) is 0.123. The predicted molar refractivity (Wildman–Crippen MR) is 199 cm³/mol. The highest BCUT2D eigenvalue weighted by molar-refractivity contribution is 5.84. The first-order chi connectivity index (χ1) is 20.9. The van der Waals surface area contributed by atoms with E-state index >= 15 is 0 Å². The maximum absolute atomic E-state index is 3.57. The smallest absolute Gasteiger partial charge is 0.0379 e. The molecule has 43 heavy (non-hydrogen) atoms. The van der Waals surface area contributed by atoms with Gasteiger partial charge in [-0.05, 0) is 98.6 Å². The lowest BCUT2D eigenvalue weighted by molar-refractivity contribution is 0.280. The number of rotatable bonds is 15. The van der Waals surface area contributed by atoms with Crippen molar-refractivity contribution in [1.29, 1.82) is 0 Å². The average Bonchev–Trinajstić information content (AvgIpc) is 2.99. The lowest BCUT2D eigenvalue weighted by Gasteiger charge is -2.28. The molecule has 1 nitrogen and oxygen atoms in total. The Morgan fingerprint density at radius 1 is 1.00 bits per heavy atom. The Morgan fingerprint density at radius 3 is 2.21 bits per heavy atom. The summed E-state index contributed by atoms with van der Waals surface area (Å²) in [6.07, 6.45) is 25.3. The standard InChI is InChI=1S/C37H55N.C3H8.C2H4/c1-8-12-15-22-33(27-36(29(5)6)32(20-13-9-2)21-14-10-3)34-25-26-35(37(28-34)38-7)31(17-11-4)24-23-30-18-16-19-30;1-3-2;1-2/h13,20-21,25-28,30-31,38H,8-12,14,16-19,23-24H2,1-7H3;3H2,1-2H3;1-2H2/b20-13-,32-21+,33-27+;;. The first-order valence-corrected chi connectivity index (χ1v) is 17.5. The fourth-order valence-electron chi connectivity index (χ4n) is 5.27. The predicted octanol–water partition coefficient (Wildman–Crippen LogP) is 13.6. The highest BCUT2D eigenvalue weighted by Gasteiger charge is 2.21. The van der Waals surface area contributed by atoms with E-state index in [9.17, 15) is 0 Å². The van der Waals surface area contributed by atoms with E-state index in [0.717, 1.165) is 43.6 Å². The molecule has 0 aliphatic heterocycles. The van der Waals surface area contributed by atoms with Crippen molar-refractivity contribution in [3.05, 3.63) is 83.5 Å². The molecule has 0 radical (unpaired) electrons. The molecular weight excluding hydrogens is 518 g/mol. The maximum Gasteiger partial charge on any atom is 0.0379 e.